The topological polar surface area (TPSA) is 22.1 Å². The van der Waals surface area contributed by atoms with Crippen molar-refractivity contribution >= 4 is 22.9 Å². The quantitative estimate of drug-likeness (QED) is 0.710. The van der Waals surface area contributed by atoms with Crippen LogP contribution in [0.5, 0.6) is 5.75 Å². The van der Waals surface area contributed by atoms with E-state index in [0.717, 1.165) is 5.56 Å². The Hall–Kier alpha value is -1.27. The first-order chi connectivity index (χ1) is 10.1. The van der Waals surface area contributed by atoms with Crippen LogP contribution >= 0.6 is 22.9 Å². The molecule has 0 saturated heterocycles. The van der Waals surface area contributed by atoms with Crippen molar-refractivity contribution in [2.45, 2.75) is 39.0 Å². The van der Waals surface area contributed by atoms with Gasteiger partial charge in [-0.3, -0.25) is 0 Å². The molecule has 0 N–H and O–H groups in total. The maximum absolute atomic E-state index is 12.5. The fourth-order valence-corrected chi connectivity index (χ4v) is 2.67. The first-order valence-corrected chi connectivity index (χ1v) is 7.71. The van der Waals surface area contributed by atoms with E-state index in [1.54, 1.807) is 6.07 Å². The zero-order valence-corrected chi connectivity index (χ0v) is 13.9. The van der Waals surface area contributed by atoms with Crippen molar-refractivity contribution in [2.24, 2.45) is 0 Å². The van der Waals surface area contributed by atoms with Crippen LogP contribution < -0.4 is 4.74 Å². The van der Waals surface area contributed by atoms with Gasteiger partial charge in [0.1, 0.15) is 12.4 Å². The Morgan fingerprint density at radius 3 is 2.41 bits per heavy atom. The lowest BCUT2D eigenvalue weighted by Gasteiger charge is -2.20. The van der Waals surface area contributed by atoms with Crippen LogP contribution in [0.15, 0.2) is 24.4 Å². The van der Waals surface area contributed by atoms with E-state index in [-0.39, 0.29) is 12.0 Å². The van der Waals surface area contributed by atoms with Crippen molar-refractivity contribution in [3.8, 4) is 5.75 Å². The summed E-state index contributed by atoms with van der Waals surface area (Å²) in [7, 11) is 0. The number of ether oxygens (including phenoxy) is 1. The van der Waals surface area contributed by atoms with E-state index in [2.05, 4.69) is 25.8 Å². The molecule has 0 amide bonds. The Morgan fingerprint density at radius 1 is 1.23 bits per heavy atom. The predicted molar refractivity (Wildman–Crippen MR) is 81.6 cm³/mol. The van der Waals surface area contributed by atoms with Gasteiger partial charge in [0.25, 0.3) is 0 Å². The average Bonchev–Trinajstić information content (AvgIpc) is 2.84. The summed E-state index contributed by atoms with van der Waals surface area (Å²) < 4.78 is 42.9. The molecule has 0 aliphatic heterocycles. The number of thiazole rings is 1. The van der Waals surface area contributed by atoms with E-state index in [1.807, 2.05) is 12.1 Å². The molecule has 22 heavy (non-hydrogen) atoms. The fraction of sp³-hybridized carbons (Fsp3) is 0.400. The molecular weight excluding hydrogens is 335 g/mol. The monoisotopic (exact) mass is 349 g/mol. The number of benzene rings is 1. The third kappa shape index (κ3) is 4.14. The Morgan fingerprint density at radius 2 is 1.91 bits per heavy atom. The number of hydrogen-bond acceptors (Lipinski definition) is 3. The van der Waals surface area contributed by atoms with Gasteiger partial charge in [-0.15, -0.1) is 11.3 Å². The molecule has 120 valence electrons. The van der Waals surface area contributed by atoms with Crippen LogP contribution in [0, 0.1) is 0 Å². The Balaban J connectivity index is 2.07. The molecule has 2 nitrogen and oxygen atoms in total. The summed E-state index contributed by atoms with van der Waals surface area (Å²) in [5, 5.41) is -0.437. The van der Waals surface area contributed by atoms with Gasteiger partial charge in [-0.2, -0.15) is 13.2 Å². The fourth-order valence-electron chi connectivity index (χ4n) is 1.74. The van der Waals surface area contributed by atoms with Crippen LogP contribution in [-0.2, 0) is 18.2 Å². The summed E-state index contributed by atoms with van der Waals surface area (Å²) in [6, 6.07) is 5.44. The first kappa shape index (κ1) is 17.1. The number of rotatable bonds is 3. The van der Waals surface area contributed by atoms with E-state index in [9.17, 15) is 13.2 Å². The van der Waals surface area contributed by atoms with E-state index >= 15 is 0 Å². The minimum absolute atomic E-state index is 0.00231. The van der Waals surface area contributed by atoms with Gasteiger partial charge < -0.3 is 4.74 Å². The van der Waals surface area contributed by atoms with Crippen molar-refractivity contribution < 1.29 is 17.9 Å². The summed E-state index contributed by atoms with van der Waals surface area (Å²) in [5.41, 5.74) is 1.02. The lowest BCUT2D eigenvalue weighted by molar-refractivity contribution is -0.137. The molecule has 0 atom stereocenters. The highest BCUT2D eigenvalue weighted by Gasteiger charge is 2.34. The minimum Gasteiger partial charge on any atom is -0.486 e. The van der Waals surface area contributed by atoms with Crippen molar-refractivity contribution in [1.29, 1.82) is 0 Å². The number of nitrogens with zero attached hydrogens (tertiary/aromatic N) is 1. The third-order valence-electron chi connectivity index (χ3n) is 2.96. The molecular formula is C15H15ClF3NOS. The average molecular weight is 350 g/mol. The third-order valence-corrected chi connectivity index (χ3v) is 4.27. The number of halogens is 4. The SMILES string of the molecule is CC(C)(C)c1ccc(OCc2cnc(C(F)(F)F)s2)c(Cl)c1. The van der Waals surface area contributed by atoms with Crippen molar-refractivity contribution in [1.82, 2.24) is 4.98 Å². The van der Waals surface area contributed by atoms with Crippen molar-refractivity contribution in [2.75, 3.05) is 0 Å². The highest BCUT2D eigenvalue weighted by Crippen LogP contribution is 2.34. The molecule has 0 bridgehead atoms. The van der Waals surface area contributed by atoms with Gasteiger partial charge in [-0.1, -0.05) is 38.4 Å². The van der Waals surface area contributed by atoms with Gasteiger partial charge in [-0.05, 0) is 23.1 Å². The Kier molecular flexibility index (Phi) is 4.73. The smallest absolute Gasteiger partial charge is 0.443 e. The van der Waals surface area contributed by atoms with E-state index in [4.69, 9.17) is 16.3 Å². The van der Waals surface area contributed by atoms with Gasteiger partial charge in [0.2, 0.25) is 0 Å². The highest BCUT2D eigenvalue weighted by molar-refractivity contribution is 7.11. The van der Waals surface area contributed by atoms with Crippen LogP contribution in [0.4, 0.5) is 13.2 Å². The number of alkyl halides is 3. The maximum Gasteiger partial charge on any atom is 0.443 e. The van der Waals surface area contributed by atoms with Crippen molar-refractivity contribution in [3.63, 3.8) is 0 Å². The molecule has 7 heteroatoms. The second kappa shape index (κ2) is 6.08. The summed E-state index contributed by atoms with van der Waals surface area (Å²) in [6.45, 7) is 6.20. The van der Waals surface area contributed by atoms with Crippen LogP contribution in [-0.4, -0.2) is 4.98 Å². The van der Waals surface area contributed by atoms with E-state index < -0.39 is 11.2 Å². The molecule has 0 radical (unpaired) electrons. The Bertz CT molecular complexity index is 662. The summed E-state index contributed by atoms with van der Waals surface area (Å²) in [4.78, 5) is 3.74. The molecule has 0 fully saturated rings. The van der Waals surface area contributed by atoms with Crippen LogP contribution in [0.2, 0.25) is 5.02 Å². The van der Waals surface area contributed by atoms with Crippen molar-refractivity contribution in [3.05, 3.63) is 44.9 Å². The van der Waals surface area contributed by atoms with E-state index in [1.165, 1.54) is 6.20 Å². The zero-order chi connectivity index (χ0) is 16.5. The molecule has 2 aromatic rings. The van der Waals surface area contributed by atoms with Gasteiger partial charge in [0.05, 0.1) is 9.90 Å². The molecule has 1 heterocycles. The van der Waals surface area contributed by atoms with Gasteiger partial charge >= 0.3 is 6.18 Å². The van der Waals surface area contributed by atoms with E-state index in [0.29, 0.717) is 27.0 Å². The maximum atomic E-state index is 12.5. The van der Waals surface area contributed by atoms with Crippen LogP contribution in [0.25, 0.3) is 0 Å². The number of aromatic nitrogens is 1. The van der Waals surface area contributed by atoms with Gasteiger partial charge in [-0.25, -0.2) is 4.98 Å². The summed E-state index contributed by atoms with van der Waals surface area (Å²) in [5.74, 6) is 0.441. The molecule has 0 saturated carbocycles. The van der Waals surface area contributed by atoms with Gasteiger partial charge in [0.15, 0.2) is 5.01 Å². The second-order valence-corrected chi connectivity index (χ2v) is 7.34. The lowest BCUT2D eigenvalue weighted by atomic mass is 9.87. The first-order valence-electron chi connectivity index (χ1n) is 6.52. The van der Waals surface area contributed by atoms with Crippen LogP contribution in [0.1, 0.15) is 36.2 Å². The standard InChI is InChI=1S/C15H15ClF3NOS/c1-14(2,3)9-4-5-12(11(16)6-9)21-8-10-7-20-13(22-10)15(17,18)19/h4-7H,8H2,1-3H3. The molecule has 0 spiro atoms. The zero-order valence-electron chi connectivity index (χ0n) is 12.3. The molecule has 1 aromatic carbocycles. The van der Waals surface area contributed by atoms with Gasteiger partial charge in [0, 0.05) is 6.20 Å². The largest absolute Gasteiger partial charge is 0.486 e. The lowest BCUT2D eigenvalue weighted by Crippen LogP contribution is -2.10. The second-order valence-electron chi connectivity index (χ2n) is 5.81. The molecule has 1 aromatic heterocycles. The Labute approximate surface area is 135 Å². The summed E-state index contributed by atoms with van der Waals surface area (Å²) in [6.07, 6.45) is -3.25. The summed E-state index contributed by atoms with van der Waals surface area (Å²) >= 11 is 6.73. The normalized spacial score (nSPS) is 12.5. The minimum atomic E-state index is -4.42. The molecule has 0 aliphatic rings. The number of hydrogen-bond donors (Lipinski definition) is 0. The molecule has 2 rings (SSSR count). The molecule has 0 unspecified atom stereocenters. The molecule has 0 aliphatic carbocycles. The highest BCUT2D eigenvalue weighted by atomic mass is 35.5. The van der Waals surface area contributed by atoms with Crippen LogP contribution in [0.3, 0.4) is 0 Å². The predicted octanol–water partition coefficient (Wildman–Crippen LogP) is 5.69.